The van der Waals surface area contributed by atoms with Gasteiger partial charge in [-0.05, 0) is 51.1 Å². The van der Waals surface area contributed by atoms with Crippen molar-refractivity contribution in [2.24, 2.45) is 5.92 Å². The highest BCUT2D eigenvalue weighted by Crippen LogP contribution is 2.30. The molecule has 0 bridgehead atoms. The van der Waals surface area contributed by atoms with E-state index in [-0.39, 0.29) is 29.4 Å². The Labute approximate surface area is 191 Å². The van der Waals surface area contributed by atoms with Gasteiger partial charge in [0, 0.05) is 24.7 Å². The van der Waals surface area contributed by atoms with Gasteiger partial charge in [-0.15, -0.1) is 0 Å². The largest absolute Gasteiger partial charge is 0.492 e. The molecule has 2 saturated heterocycles. The van der Waals surface area contributed by atoms with Gasteiger partial charge >= 0.3 is 0 Å². The standard InChI is InChI=1S/C22H35N3O6S/c1-4-25(5-2)32(27,28)20-15-18(7-8-19(20)29-6-3)23-21(26)16-24-11-9-17(10-12-24)22-30-13-14-31-22/h7-8,15,17,22H,4-6,9-14,16H2,1-3H3,(H,23,26). The van der Waals surface area contributed by atoms with Crippen molar-refractivity contribution in [1.82, 2.24) is 9.21 Å². The van der Waals surface area contributed by atoms with Gasteiger partial charge in [-0.2, -0.15) is 4.31 Å². The molecule has 1 N–H and O–H groups in total. The van der Waals surface area contributed by atoms with Crippen LogP contribution in [0.2, 0.25) is 0 Å². The summed E-state index contributed by atoms with van der Waals surface area (Å²) in [5.41, 5.74) is 0.437. The van der Waals surface area contributed by atoms with Gasteiger partial charge in [0.2, 0.25) is 15.9 Å². The quantitative estimate of drug-likeness (QED) is 0.561. The number of piperidine rings is 1. The molecule has 0 aromatic heterocycles. The summed E-state index contributed by atoms with van der Waals surface area (Å²) < 4.78 is 44.3. The summed E-state index contributed by atoms with van der Waals surface area (Å²) in [5.74, 6) is 0.485. The molecule has 2 fully saturated rings. The summed E-state index contributed by atoms with van der Waals surface area (Å²) in [6.07, 6.45) is 1.74. The zero-order valence-corrected chi connectivity index (χ0v) is 20.0. The first-order valence-corrected chi connectivity index (χ1v) is 12.8. The molecule has 0 atom stereocenters. The number of nitrogens with zero attached hydrogens (tertiary/aromatic N) is 2. The van der Waals surface area contributed by atoms with Crippen LogP contribution in [-0.4, -0.2) is 82.4 Å². The van der Waals surface area contributed by atoms with Crippen molar-refractivity contribution in [1.29, 1.82) is 0 Å². The maximum absolute atomic E-state index is 13.1. The molecule has 1 amide bonds. The third kappa shape index (κ3) is 5.99. The van der Waals surface area contributed by atoms with Crippen molar-refractivity contribution >= 4 is 21.6 Å². The van der Waals surface area contributed by atoms with Crippen LogP contribution in [0, 0.1) is 5.92 Å². The van der Waals surface area contributed by atoms with E-state index in [1.165, 1.54) is 10.4 Å². The minimum Gasteiger partial charge on any atom is -0.492 e. The maximum Gasteiger partial charge on any atom is 0.246 e. The summed E-state index contributed by atoms with van der Waals surface area (Å²) >= 11 is 0. The van der Waals surface area contributed by atoms with Crippen molar-refractivity contribution in [3.05, 3.63) is 18.2 Å². The highest BCUT2D eigenvalue weighted by Gasteiger charge is 2.31. The Morgan fingerprint density at radius 1 is 1.16 bits per heavy atom. The lowest BCUT2D eigenvalue weighted by atomic mass is 9.96. The maximum atomic E-state index is 13.1. The molecule has 3 rings (SSSR count). The van der Waals surface area contributed by atoms with Crippen LogP contribution in [0.5, 0.6) is 5.75 Å². The molecular weight excluding hydrogens is 434 g/mol. The van der Waals surface area contributed by atoms with Gasteiger partial charge in [0.1, 0.15) is 10.6 Å². The van der Waals surface area contributed by atoms with Crippen molar-refractivity contribution in [2.75, 3.05) is 57.9 Å². The van der Waals surface area contributed by atoms with Crippen LogP contribution >= 0.6 is 0 Å². The van der Waals surface area contributed by atoms with Gasteiger partial charge in [0.05, 0.1) is 26.4 Å². The molecule has 0 unspecified atom stereocenters. The molecule has 0 spiro atoms. The molecule has 180 valence electrons. The molecule has 0 radical (unpaired) electrons. The highest BCUT2D eigenvalue weighted by molar-refractivity contribution is 7.89. The Balaban J connectivity index is 1.63. The molecule has 1 aromatic carbocycles. The topological polar surface area (TPSA) is 97.4 Å². The number of sulfonamides is 1. The summed E-state index contributed by atoms with van der Waals surface area (Å²) in [6.45, 7) is 9.60. The van der Waals surface area contributed by atoms with Gasteiger partial charge in [0.15, 0.2) is 6.29 Å². The average molecular weight is 470 g/mol. The van der Waals surface area contributed by atoms with Crippen molar-refractivity contribution in [3.8, 4) is 5.75 Å². The lowest BCUT2D eigenvalue weighted by molar-refractivity contribution is -0.119. The molecule has 9 nitrogen and oxygen atoms in total. The third-order valence-corrected chi connectivity index (χ3v) is 7.95. The minimum absolute atomic E-state index is 0.0678. The summed E-state index contributed by atoms with van der Waals surface area (Å²) in [6, 6.07) is 4.76. The van der Waals surface area contributed by atoms with E-state index in [4.69, 9.17) is 14.2 Å². The molecule has 32 heavy (non-hydrogen) atoms. The van der Waals surface area contributed by atoms with Gasteiger partial charge in [-0.25, -0.2) is 8.42 Å². The highest BCUT2D eigenvalue weighted by atomic mass is 32.2. The second-order valence-corrected chi connectivity index (χ2v) is 9.86. The van der Waals surface area contributed by atoms with E-state index in [1.54, 1.807) is 32.9 Å². The van der Waals surface area contributed by atoms with Crippen molar-refractivity contribution in [3.63, 3.8) is 0 Å². The SMILES string of the molecule is CCOc1ccc(NC(=O)CN2CCC(C3OCCO3)CC2)cc1S(=O)(=O)N(CC)CC. The predicted molar refractivity (Wildman–Crippen MR) is 121 cm³/mol. The number of carbonyl (C=O) groups excluding carboxylic acids is 1. The number of benzene rings is 1. The number of amides is 1. The van der Waals surface area contributed by atoms with Gasteiger partial charge in [-0.3, -0.25) is 9.69 Å². The first-order chi connectivity index (χ1) is 15.4. The van der Waals surface area contributed by atoms with E-state index < -0.39 is 10.0 Å². The second-order valence-electron chi connectivity index (χ2n) is 7.96. The lowest BCUT2D eigenvalue weighted by Gasteiger charge is -2.33. The Kier molecular flexibility index (Phi) is 8.89. The molecule has 0 saturated carbocycles. The van der Waals surface area contributed by atoms with Crippen LogP contribution in [0.4, 0.5) is 5.69 Å². The number of ether oxygens (including phenoxy) is 3. The fraction of sp³-hybridized carbons (Fsp3) is 0.682. The minimum atomic E-state index is -3.73. The van der Waals surface area contributed by atoms with Gasteiger partial charge < -0.3 is 19.5 Å². The van der Waals surface area contributed by atoms with Crippen LogP contribution in [0.3, 0.4) is 0 Å². The first kappa shape index (κ1) is 24.9. The van der Waals surface area contributed by atoms with E-state index >= 15 is 0 Å². The van der Waals surface area contributed by atoms with E-state index in [1.807, 2.05) is 0 Å². The zero-order chi connectivity index (χ0) is 23.1. The predicted octanol–water partition coefficient (Wildman–Crippen LogP) is 2.14. The summed E-state index contributed by atoms with van der Waals surface area (Å²) in [4.78, 5) is 14.8. The molecule has 0 aliphatic carbocycles. The Morgan fingerprint density at radius 2 is 1.81 bits per heavy atom. The van der Waals surface area contributed by atoms with Crippen LogP contribution in [0.15, 0.2) is 23.1 Å². The van der Waals surface area contributed by atoms with E-state index in [0.717, 1.165) is 25.9 Å². The molecule has 2 aliphatic heterocycles. The number of nitrogens with one attached hydrogen (secondary N) is 1. The smallest absolute Gasteiger partial charge is 0.246 e. The summed E-state index contributed by atoms with van der Waals surface area (Å²) in [5, 5.41) is 2.84. The van der Waals surface area contributed by atoms with E-state index in [2.05, 4.69) is 10.2 Å². The fourth-order valence-corrected chi connectivity index (χ4v) is 5.82. The van der Waals surface area contributed by atoms with Crippen LogP contribution in [-0.2, 0) is 24.3 Å². The van der Waals surface area contributed by atoms with E-state index in [9.17, 15) is 13.2 Å². The lowest BCUT2D eigenvalue weighted by Crippen LogP contribution is -2.41. The monoisotopic (exact) mass is 469 g/mol. The van der Waals surface area contributed by atoms with Crippen LogP contribution in [0.1, 0.15) is 33.6 Å². The van der Waals surface area contributed by atoms with Crippen molar-refractivity contribution in [2.45, 2.75) is 44.8 Å². The van der Waals surface area contributed by atoms with Crippen LogP contribution in [0.25, 0.3) is 0 Å². The first-order valence-electron chi connectivity index (χ1n) is 11.4. The molecule has 2 heterocycles. The number of carbonyl (C=O) groups is 1. The number of hydrogen-bond donors (Lipinski definition) is 1. The molecular formula is C22H35N3O6S. The summed E-state index contributed by atoms with van der Waals surface area (Å²) in [7, 11) is -3.73. The van der Waals surface area contributed by atoms with Gasteiger partial charge in [0.25, 0.3) is 0 Å². The molecule has 10 heteroatoms. The number of rotatable bonds is 10. The second kappa shape index (κ2) is 11.4. The molecule has 2 aliphatic rings. The normalized spacial score (nSPS) is 18.9. The Hall–Kier alpha value is -1.72. The van der Waals surface area contributed by atoms with Crippen LogP contribution < -0.4 is 10.1 Å². The zero-order valence-electron chi connectivity index (χ0n) is 19.2. The Morgan fingerprint density at radius 3 is 2.41 bits per heavy atom. The number of anilines is 1. The van der Waals surface area contributed by atoms with Crippen molar-refractivity contribution < 1.29 is 27.4 Å². The third-order valence-electron chi connectivity index (χ3n) is 5.88. The number of hydrogen-bond acceptors (Lipinski definition) is 7. The van der Waals surface area contributed by atoms with Gasteiger partial charge in [-0.1, -0.05) is 13.8 Å². The average Bonchev–Trinajstić information content (AvgIpc) is 3.31. The van der Waals surface area contributed by atoms with E-state index in [0.29, 0.717) is 44.5 Å². The Bertz CT molecular complexity index is 860. The number of likely N-dealkylation sites (tertiary alicyclic amines) is 1. The molecule has 1 aromatic rings. The fourth-order valence-electron chi connectivity index (χ4n) is 4.20.